The lowest BCUT2D eigenvalue weighted by Gasteiger charge is -2.27. The molecule has 2 heterocycles. The topological polar surface area (TPSA) is 98.7 Å². The van der Waals surface area contributed by atoms with Crippen LogP contribution < -0.4 is 15.1 Å². The summed E-state index contributed by atoms with van der Waals surface area (Å²) in [6.45, 7) is 6.51. The predicted octanol–water partition coefficient (Wildman–Crippen LogP) is 6.57. The van der Waals surface area contributed by atoms with E-state index in [4.69, 9.17) is 21.6 Å². The second kappa shape index (κ2) is 13.8. The van der Waals surface area contributed by atoms with Crippen molar-refractivity contribution in [1.29, 1.82) is 0 Å². The van der Waals surface area contributed by atoms with Crippen LogP contribution in [0.3, 0.4) is 0 Å². The lowest BCUT2D eigenvalue weighted by molar-refractivity contribution is -0.136. The third-order valence-corrected chi connectivity index (χ3v) is 9.20. The smallest absolute Gasteiger partial charge is 0.308 e. The minimum absolute atomic E-state index is 0.123. The van der Waals surface area contributed by atoms with Gasteiger partial charge in [0.05, 0.1) is 6.42 Å². The van der Waals surface area contributed by atoms with Crippen LogP contribution in [0.4, 0.5) is 17.3 Å². The van der Waals surface area contributed by atoms with Crippen LogP contribution in [0.1, 0.15) is 55.6 Å². The number of halogens is 1. The second-order valence-electron chi connectivity index (χ2n) is 12.7. The summed E-state index contributed by atoms with van der Waals surface area (Å²) in [7, 11) is 3.79. The van der Waals surface area contributed by atoms with Gasteiger partial charge in [-0.1, -0.05) is 49.7 Å². The molecule has 1 aromatic heterocycles. The third kappa shape index (κ3) is 7.78. The molecule has 2 aliphatic rings. The highest BCUT2D eigenvalue weighted by molar-refractivity contribution is 6.30. The fourth-order valence-corrected chi connectivity index (χ4v) is 7.06. The quantitative estimate of drug-likeness (QED) is 0.249. The molecule has 4 unspecified atom stereocenters. The van der Waals surface area contributed by atoms with E-state index in [0.29, 0.717) is 46.2 Å². The van der Waals surface area contributed by atoms with Crippen molar-refractivity contribution >= 4 is 46.9 Å². The van der Waals surface area contributed by atoms with Crippen LogP contribution in [0, 0.1) is 23.7 Å². The van der Waals surface area contributed by atoms with Crippen molar-refractivity contribution in [2.24, 2.45) is 23.7 Å². The van der Waals surface area contributed by atoms with E-state index in [-0.39, 0.29) is 12.3 Å². The van der Waals surface area contributed by atoms with E-state index in [2.05, 4.69) is 24.1 Å². The van der Waals surface area contributed by atoms with Gasteiger partial charge in [0, 0.05) is 56.0 Å². The Bertz CT molecular complexity index is 1510. The van der Waals surface area contributed by atoms with E-state index in [1.165, 1.54) is 18.9 Å². The molecule has 44 heavy (non-hydrogen) atoms. The molecule has 0 spiro atoms. The Hall–Kier alpha value is -3.91. The minimum atomic E-state index is -0.889. The van der Waals surface area contributed by atoms with Gasteiger partial charge >= 0.3 is 5.97 Å². The Labute approximate surface area is 265 Å². The van der Waals surface area contributed by atoms with Crippen LogP contribution in [0.25, 0.3) is 6.08 Å². The maximum Gasteiger partial charge on any atom is 0.308 e. The molecule has 1 amide bonds. The number of hydrogen-bond donors (Lipinski definition) is 2. The molecule has 0 bridgehead atoms. The largest absolute Gasteiger partial charge is 0.481 e. The summed E-state index contributed by atoms with van der Waals surface area (Å²) < 4.78 is 0. The molecule has 2 fully saturated rings. The SMILES string of the molecule is CC1CC(C)C(C2CCN(c3nc(Cc4ccc(NC(=O)C=Cc5ccc(Cl)cc5)cc4)nc(N(C)C)c3CC(=O)O)C2)C1. The van der Waals surface area contributed by atoms with E-state index in [0.717, 1.165) is 48.3 Å². The number of nitrogens with one attached hydrogen (secondary N) is 1. The van der Waals surface area contributed by atoms with Gasteiger partial charge in [-0.2, -0.15) is 0 Å². The number of carboxylic acids is 1. The van der Waals surface area contributed by atoms with E-state index < -0.39 is 5.97 Å². The number of hydrogen-bond acceptors (Lipinski definition) is 6. The lowest BCUT2D eigenvalue weighted by Crippen LogP contribution is -2.28. The molecular weight excluding hydrogens is 574 g/mol. The van der Waals surface area contributed by atoms with Gasteiger partial charge in [-0.25, -0.2) is 9.97 Å². The zero-order valence-corrected chi connectivity index (χ0v) is 26.7. The van der Waals surface area contributed by atoms with Crippen LogP contribution in [-0.4, -0.2) is 54.1 Å². The monoisotopic (exact) mass is 615 g/mol. The van der Waals surface area contributed by atoms with Gasteiger partial charge in [-0.3, -0.25) is 9.59 Å². The first kappa shape index (κ1) is 31.5. The number of rotatable bonds is 10. The van der Waals surface area contributed by atoms with Gasteiger partial charge in [0.15, 0.2) is 0 Å². The van der Waals surface area contributed by atoms with Crippen LogP contribution >= 0.6 is 11.6 Å². The number of benzene rings is 2. The average Bonchev–Trinajstić information content (AvgIpc) is 3.59. The number of anilines is 3. The standard InChI is InChI=1S/C35H42ClN5O3/c1-22-17-23(2)29(18-22)26-15-16-41(21-26)35-30(20-33(43)44)34(40(3)4)38-31(39-35)19-25-7-12-28(13-8-25)37-32(42)14-9-24-5-10-27(36)11-6-24/h5-14,22-23,26,29H,15-21H2,1-4H3,(H,37,42)(H,43,44). The molecule has 1 saturated carbocycles. The fraction of sp³-hybridized carbons (Fsp3) is 0.429. The summed E-state index contributed by atoms with van der Waals surface area (Å²) in [6.07, 6.45) is 7.26. The number of nitrogens with zero attached hydrogens (tertiary/aromatic N) is 4. The first-order valence-corrected chi connectivity index (χ1v) is 15.8. The van der Waals surface area contributed by atoms with E-state index in [1.807, 2.05) is 55.4 Å². The minimum Gasteiger partial charge on any atom is -0.481 e. The molecule has 2 N–H and O–H groups in total. The molecule has 0 radical (unpaired) electrons. The van der Waals surface area contributed by atoms with Gasteiger partial charge < -0.3 is 20.2 Å². The summed E-state index contributed by atoms with van der Waals surface area (Å²) in [5.74, 6) is 3.72. The van der Waals surface area contributed by atoms with E-state index in [9.17, 15) is 14.7 Å². The highest BCUT2D eigenvalue weighted by Gasteiger charge is 2.39. The molecule has 1 saturated heterocycles. The summed E-state index contributed by atoms with van der Waals surface area (Å²) in [5, 5.41) is 13.3. The Morgan fingerprint density at radius 3 is 2.43 bits per heavy atom. The molecule has 1 aliphatic carbocycles. The molecular formula is C35H42ClN5O3. The number of aliphatic carboxylic acids is 1. The predicted molar refractivity (Wildman–Crippen MR) is 177 cm³/mol. The Balaban J connectivity index is 1.32. The highest BCUT2D eigenvalue weighted by atomic mass is 35.5. The highest BCUT2D eigenvalue weighted by Crippen LogP contribution is 2.44. The molecule has 2 aromatic carbocycles. The van der Waals surface area contributed by atoms with E-state index in [1.54, 1.807) is 18.2 Å². The van der Waals surface area contributed by atoms with Crippen molar-refractivity contribution in [1.82, 2.24) is 9.97 Å². The molecule has 5 rings (SSSR count). The number of carbonyl (C=O) groups excluding carboxylic acids is 1. The van der Waals surface area contributed by atoms with Crippen LogP contribution in [0.15, 0.2) is 54.6 Å². The van der Waals surface area contributed by atoms with Gasteiger partial charge in [0.25, 0.3) is 0 Å². The number of carbonyl (C=O) groups is 2. The molecule has 1 aliphatic heterocycles. The summed E-state index contributed by atoms with van der Waals surface area (Å²) >= 11 is 5.93. The van der Waals surface area contributed by atoms with Crippen molar-refractivity contribution in [2.45, 2.75) is 46.0 Å². The molecule has 8 nitrogen and oxygen atoms in total. The van der Waals surface area contributed by atoms with Crippen molar-refractivity contribution in [2.75, 3.05) is 42.3 Å². The maximum absolute atomic E-state index is 12.4. The third-order valence-electron chi connectivity index (χ3n) is 8.95. The van der Waals surface area contributed by atoms with Crippen LogP contribution in [0.5, 0.6) is 0 Å². The Morgan fingerprint density at radius 1 is 1.07 bits per heavy atom. The van der Waals surface area contributed by atoms with Crippen LogP contribution in [0.2, 0.25) is 5.02 Å². The van der Waals surface area contributed by atoms with Crippen molar-refractivity contribution in [3.05, 3.63) is 82.1 Å². The number of carboxylic acid groups (broad SMARTS) is 1. The molecule has 9 heteroatoms. The first-order chi connectivity index (χ1) is 21.0. The molecule has 4 atom stereocenters. The summed E-state index contributed by atoms with van der Waals surface area (Å²) in [6, 6.07) is 14.9. The van der Waals surface area contributed by atoms with Gasteiger partial charge in [-0.15, -0.1) is 0 Å². The Morgan fingerprint density at radius 2 is 1.80 bits per heavy atom. The lowest BCUT2D eigenvalue weighted by atomic mass is 9.84. The van der Waals surface area contributed by atoms with E-state index >= 15 is 0 Å². The van der Waals surface area contributed by atoms with Gasteiger partial charge in [-0.05, 0) is 84.4 Å². The van der Waals surface area contributed by atoms with Crippen molar-refractivity contribution in [3.63, 3.8) is 0 Å². The normalized spacial score (nSPS) is 21.6. The number of aromatic nitrogens is 2. The fourth-order valence-electron chi connectivity index (χ4n) is 6.93. The number of amides is 1. The summed E-state index contributed by atoms with van der Waals surface area (Å²) in [5.41, 5.74) is 3.24. The van der Waals surface area contributed by atoms with Gasteiger partial charge in [0.1, 0.15) is 17.5 Å². The summed E-state index contributed by atoms with van der Waals surface area (Å²) in [4.78, 5) is 38.4. The van der Waals surface area contributed by atoms with Crippen molar-refractivity contribution < 1.29 is 14.7 Å². The van der Waals surface area contributed by atoms with Crippen molar-refractivity contribution in [3.8, 4) is 0 Å². The Kier molecular flexibility index (Phi) is 9.89. The van der Waals surface area contributed by atoms with Crippen LogP contribution in [-0.2, 0) is 22.4 Å². The first-order valence-electron chi connectivity index (χ1n) is 15.4. The molecule has 232 valence electrons. The van der Waals surface area contributed by atoms with Gasteiger partial charge in [0.2, 0.25) is 5.91 Å². The second-order valence-corrected chi connectivity index (χ2v) is 13.1. The zero-order chi connectivity index (χ0) is 31.4. The molecule has 3 aromatic rings. The maximum atomic E-state index is 12.4. The zero-order valence-electron chi connectivity index (χ0n) is 26.0. The average molecular weight is 616 g/mol.